The zero-order chi connectivity index (χ0) is 19.0. The van der Waals surface area contributed by atoms with Crippen LogP contribution in [0.3, 0.4) is 0 Å². The van der Waals surface area contributed by atoms with Gasteiger partial charge in [0.2, 0.25) is 11.8 Å². The number of carbonyl (C=O) groups excluding carboxylic acids is 1. The predicted molar refractivity (Wildman–Crippen MR) is 103 cm³/mol. The number of nitrogens with zero attached hydrogens (tertiary/aromatic N) is 4. The predicted octanol–water partition coefficient (Wildman–Crippen LogP) is 2.05. The highest BCUT2D eigenvalue weighted by molar-refractivity contribution is 5.79. The molecule has 0 saturated carbocycles. The van der Waals surface area contributed by atoms with Gasteiger partial charge in [0.15, 0.2) is 0 Å². The summed E-state index contributed by atoms with van der Waals surface area (Å²) in [5.41, 5.74) is 4.52. The second kappa shape index (κ2) is 7.27. The van der Waals surface area contributed by atoms with Gasteiger partial charge in [-0.15, -0.1) is 0 Å². The number of aryl methyl sites for hydroxylation is 3. The standard InChI is InChI=1S/C21H26N4O2/c1-14-5-4-6-17(9-14)11-25-8-7-24(13-20(25)26)12-18-10-19-15(2)22-16(3)23-21(19)27-18/h4-6,9,18H,7-8,10-13H2,1-3H3. The van der Waals surface area contributed by atoms with Crippen molar-refractivity contribution in [2.75, 3.05) is 26.2 Å². The Morgan fingerprint density at radius 3 is 2.81 bits per heavy atom. The maximum Gasteiger partial charge on any atom is 0.237 e. The molecule has 1 unspecified atom stereocenters. The molecule has 0 spiro atoms. The smallest absolute Gasteiger partial charge is 0.237 e. The molecule has 1 aromatic heterocycles. The number of rotatable bonds is 4. The normalized spacial score (nSPS) is 19.9. The second-order valence-electron chi connectivity index (χ2n) is 7.62. The Labute approximate surface area is 160 Å². The van der Waals surface area contributed by atoms with Gasteiger partial charge in [-0.3, -0.25) is 9.69 Å². The van der Waals surface area contributed by atoms with E-state index in [2.05, 4.69) is 40.0 Å². The monoisotopic (exact) mass is 366 g/mol. The lowest BCUT2D eigenvalue weighted by Crippen LogP contribution is -2.52. The van der Waals surface area contributed by atoms with E-state index in [9.17, 15) is 4.79 Å². The summed E-state index contributed by atoms with van der Waals surface area (Å²) in [6.07, 6.45) is 0.866. The molecule has 1 amide bonds. The van der Waals surface area contributed by atoms with Gasteiger partial charge in [0.05, 0.1) is 6.54 Å². The molecule has 0 radical (unpaired) electrons. The number of amides is 1. The van der Waals surface area contributed by atoms with E-state index in [1.54, 1.807) is 0 Å². The fraction of sp³-hybridized carbons (Fsp3) is 0.476. The highest BCUT2D eigenvalue weighted by Gasteiger charge is 2.31. The molecule has 4 rings (SSSR count). The highest BCUT2D eigenvalue weighted by atomic mass is 16.5. The molecule has 0 bridgehead atoms. The maximum atomic E-state index is 12.6. The van der Waals surface area contributed by atoms with Crippen LogP contribution in [0.25, 0.3) is 0 Å². The molecule has 2 aromatic rings. The van der Waals surface area contributed by atoms with Crippen LogP contribution in [0.15, 0.2) is 24.3 Å². The minimum atomic E-state index is 0.0472. The lowest BCUT2D eigenvalue weighted by Gasteiger charge is -2.35. The van der Waals surface area contributed by atoms with Crippen molar-refractivity contribution in [3.8, 4) is 5.88 Å². The third-order valence-electron chi connectivity index (χ3n) is 5.31. The first-order valence-electron chi connectivity index (χ1n) is 9.54. The number of fused-ring (bicyclic) bond motifs is 1. The molecule has 1 fully saturated rings. The van der Waals surface area contributed by atoms with Crippen LogP contribution < -0.4 is 4.74 Å². The molecule has 6 heteroatoms. The third-order valence-corrected chi connectivity index (χ3v) is 5.31. The first-order chi connectivity index (χ1) is 13.0. The van der Waals surface area contributed by atoms with Gasteiger partial charge in [-0.05, 0) is 26.3 Å². The van der Waals surface area contributed by atoms with Crippen LogP contribution in [0, 0.1) is 20.8 Å². The van der Waals surface area contributed by atoms with Gasteiger partial charge in [-0.25, -0.2) is 4.98 Å². The van der Waals surface area contributed by atoms with Gasteiger partial charge in [0.25, 0.3) is 0 Å². The molecule has 27 heavy (non-hydrogen) atoms. The molecule has 3 heterocycles. The Hall–Kier alpha value is -2.47. The number of carbonyl (C=O) groups is 1. The van der Waals surface area contributed by atoms with Gasteiger partial charge < -0.3 is 9.64 Å². The van der Waals surface area contributed by atoms with E-state index in [0.29, 0.717) is 13.1 Å². The average molecular weight is 366 g/mol. The van der Waals surface area contributed by atoms with E-state index >= 15 is 0 Å². The Balaban J connectivity index is 1.33. The average Bonchev–Trinajstić information content (AvgIpc) is 3.00. The summed E-state index contributed by atoms with van der Waals surface area (Å²) < 4.78 is 6.02. The number of piperazine rings is 1. The second-order valence-corrected chi connectivity index (χ2v) is 7.62. The quantitative estimate of drug-likeness (QED) is 0.829. The molecule has 2 aliphatic heterocycles. The van der Waals surface area contributed by atoms with Crippen molar-refractivity contribution in [2.45, 2.75) is 39.8 Å². The lowest BCUT2D eigenvalue weighted by molar-refractivity contribution is -0.137. The summed E-state index contributed by atoms with van der Waals surface area (Å²) in [7, 11) is 0. The molecule has 1 saturated heterocycles. The van der Waals surface area contributed by atoms with E-state index < -0.39 is 0 Å². The first kappa shape index (κ1) is 17.9. The summed E-state index contributed by atoms with van der Waals surface area (Å²) in [5, 5.41) is 0. The zero-order valence-corrected chi connectivity index (χ0v) is 16.2. The van der Waals surface area contributed by atoms with Crippen LogP contribution in [0.2, 0.25) is 0 Å². The number of benzene rings is 1. The summed E-state index contributed by atoms with van der Waals surface area (Å²) in [4.78, 5) is 25.6. The molecular weight excluding hydrogens is 340 g/mol. The molecule has 142 valence electrons. The van der Waals surface area contributed by atoms with Crippen LogP contribution in [0.5, 0.6) is 5.88 Å². The largest absolute Gasteiger partial charge is 0.472 e. The highest BCUT2D eigenvalue weighted by Crippen LogP contribution is 2.29. The van der Waals surface area contributed by atoms with Gasteiger partial charge >= 0.3 is 0 Å². The Kier molecular flexibility index (Phi) is 4.83. The Morgan fingerprint density at radius 2 is 2.04 bits per heavy atom. The van der Waals surface area contributed by atoms with Crippen molar-refractivity contribution in [3.63, 3.8) is 0 Å². The molecular formula is C21H26N4O2. The molecule has 2 aliphatic rings. The van der Waals surface area contributed by atoms with Crippen LogP contribution in [-0.4, -0.2) is 58.0 Å². The SMILES string of the molecule is Cc1cccc(CN2CCN(CC3Cc4c(C)nc(C)nc4O3)CC2=O)c1. The first-order valence-corrected chi connectivity index (χ1v) is 9.54. The van der Waals surface area contributed by atoms with Crippen LogP contribution in [-0.2, 0) is 17.8 Å². The number of hydrogen-bond donors (Lipinski definition) is 0. The van der Waals surface area contributed by atoms with Crippen molar-refractivity contribution < 1.29 is 9.53 Å². The van der Waals surface area contributed by atoms with Gasteiger partial charge in [-0.2, -0.15) is 4.98 Å². The fourth-order valence-corrected chi connectivity index (χ4v) is 3.97. The van der Waals surface area contributed by atoms with Gasteiger partial charge in [0.1, 0.15) is 11.9 Å². The van der Waals surface area contributed by atoms with E-state index in [1.807, 2.05) is 24.8 Å². The molecule has 0 aliphatic carbocycles. The third kappa shape index (κ3) is 3.95. The van der Waals surface area contributed by atoms with Crippen molar-refractivity contribution >= 4 is 5.91 Å². The fourth-order valence-electron chi connectivity index (χ4n) is 3.97. The van der Waals surface area contributed by atoms with E-state index in [4.69, 9.17) is 4.74 Å². The van der Waals surface area contributed by atoms with Crippen molar-refractivity contribution in [1.29, 1.82) is 0 Å². The van der Waals surface area contributed by atoms with Crippen molar-refractivity contribution in [2.24, 2.45) is 0 Å². The topological polar surface area (TPSA) is 58.6 Å². The summed E-state index contributed by atoms with van der Waals surface area (Å²) >= 11 is 0. The van der Waals surface area contributed by atoms with Crippen LogP contribution >= 0.6 is 0 Å². The maximum absolute atomic E-state index is 12.6. The number of hydrogen-bond acceptors (Lipinski definition) is 5. The molecule has 1 atom stereocenters. The van der Waals surface area contributed by atoms with Gasteiger partial charge in [0, 0.05) is 43.9 Å². The zero-order valence-electron chi connectivity index (χ0n) is 16.2. The van der Waals surface area contributed by atoms with E-state index in [-0.39, 0.29) is 12.0 Å². The summed E-state index contributed by atoms with van der Waals surface area (Å²) in [5.74, 6) is 1.64. The molecule has 0 N–H and O–H groups in total. The summed E-state index contributed by atoms with van der Waals surface area (Å²) in [6, 6.07) is 8.36. The number of ether oxygens (including phenoxy) is 1. The van der Waals surface area contributed by atoms with Gasteiger partial charge in [-0.1, -0.05) is 29.8 Å². The van der Waals surface area contributed by atoms with Crippen molar-refractivity contribution in [1.82, 2.24) is 19.8 Å². The van der Waals surface area contributed by atoms with E-state index in [0.717, 1.165) is 49.0 Å². The van der Waals surface area contributed by atoms with Crippen LogP contribution in [0.1, 0.15) is 28.2 Å². The van der Waals surface area contributed by atoms with E-state index in [1.165, 1.54) is 11.1 Å². The minimum Gasteiger partial charge on any atom is -0.472 e. The lowest BCUT2D eigenvalue weighted by atomic mass is 10.1. The molecule has 1 aromatic carbocycles. The Morgan fingerprint density at radius 1 is 1.19 bits per heavy atom. The molecule has 6 nitrogen and oxygen atoms in total. The summed E-state index contributed by atoms with van der Waals surface area (Å²) in [6.45, 7) is 9.49. The van der Waals surface area contributed by atoms with Crippen LogP contribution in [0.4, 0.5) is 0 Å². The van der Waals surface area contributed by atoms with Crippen molar-refractivity contribution in [3.05, 3.63) is 52.5 Å². The minimum absolute atomic E-state index is 0.0472. The Bertz CT molecular complexity index is 867. The number of aromatic nitrogens is 2.